The highest BCUT2D eigenvalue weighted by Crippen LogP contribution is 2.46. The molecule has 0 aromatic heterocycles. The van der Waals surface area contributed by atoms with Crippen LogP contribution in [0.15, 0.2) is 59.3 Å². The van der Waals surface area contributed by atoms with Crippen molar-refractivity contribution in [1.29, 1.82) is 0 Å². The number of benzene rings is 2. The Labute approximate surface area is 291 Å². The number of β-lactam (4-membered cyclic amide) rings is 1. The number of thioether (sulfide) groups is 2. The predicted octanol–water partition coefficient (Wildman–Crippen LogP) is 8.28. The predicted molar refractivity (Wildman–Crippen MR) is 189 cm³/mol. The van der Waals surface area contributed by atoms with Crippen LogP contribution in [-0.2, 0) is 30.2 Å². The van der Waals surface area contributed by atoms with Crippen LogP contribution >= 0.6 is 23.5 Å². The summed E-state index contributed by atoms with van der Waals surface area (Å²) in [7, 11) is -2.28. The molecule has 0 bridgehead atoms. The van der Waals surface area contributed by atoms with Gasteiger partial charge in [0.25, 0.3) is 5.69 Å². The van der Waals surface area contributed by atoms with Crippen LogP contribution in [0.5, 0.6) is 5.75 Å². The second kappa shape index (κ2) is 15.6. The monoisotopic (exact) mass is 720 g/mol. The fraction of sp³-hybridized carbons (Fsp3) is 0.500. The lowest BCUT2D eigenvalue weighted by Crippen LogP contribution is -2.64. The van der Waals surface area contributed by atoms with Gasteiger partial charge in [0.2, 0.25) is 11.0 Å². The first-order valence-corrected chi connectivity index (χ1v) is 20.4. The molecule has 0 N–H and O–H groups in total. The summed E-state index contributed by atoms with van der Waals surface area (Å²) in [5.74, 6) is -1.97. The first-order chi connectivity index (χ1) is 22.2. The van der Waals surface area contributed by atoms with E-state index in [1.54, 1.807) is 20.8 Å². The molecule has 0 aliphatic carbocycles. The third kappa shape index (κ3) is 9.48. The average molecular weight is 721 g/mol. The smallest absolute Gasteiger partial charge is 0.359 e. The van der Waals surface area contributed by atoms with E-state index in [2.05, 4.69) is 33.9 Å². The van der Waals surface area contributed by atoms with Crippen molar-refractivity contribution in [3.8, 4) is 5.75 Å². The lowest BCUT2D eigenvalue weighted by molar-refractivity contribution is -0.384. The number of nitrogens with zero attached hydrogens (tertiary/aromatic N) is 2. The lowest BCUT2D eigenvalue weighted by Gasteiger charge is -2.51. The van der Waals surface area contributed by atoms with E-state index in [-0.39, 0.29) is 39.0 Å². The minimum atomic E-state index is -2.28. The zero-order valence-corrected chi connectivity index (χ0v) is 31.8. The fourth-order valence-corrected chi connectivity index (χ4v) is 7.99. The quantitative estimate of drug-likeness (QED) is 0.0380. The third-order valence-corrected chi connectivity index (χ3v) is 15.2. The molecular formula is C34H45FN2O8S2Si. The molecular weight excluding hydrogens is 676 g/mol. The average Bonchev–Trinajstić information content (AvgIpc) is 2.97. The number of hydrogen-bond acceptors (Lipinski definition) is 10. The number of hydrogen-bond donors (Lipinski definition) is 0. The number of ether oxygens (including phenoxy) is 2. The SMILES string of the molecule is CCS[C@@H]1[C@@H]([C@@H](C)O[Si](C)(C)C(C)(C)C)C(=O)N1C(C(=O)OCc1ccc([N+](=O)[O-])cc1)=C(Oc1cccc(F)c1)SC(=O)C(C)(C)C. The number of esters is 1. The zero-order valence-electron chi connectivity index (χ0n) is 29.1. The summed E-state index contributed by atoms with van der Waals surface area (Å²) in [5.41, 5.74) is -0.836. The van der Waals surface area contributed by atoms with Gasteiger partial charge in [0.15, 0.2) is 19.1 Å². The molecule has 0 saturated carbocycles. The number of nitro benzene ring substituents is 1. The van der Waals surface area contributed by atoms with Gasteiger partial charge in [0.1, 0.15) is 18.2 Å². The van der Waals surface area contributed by atoms with Crippen LogP contribution in [0.4, 0.5) is 10.1 Å². The van der Waals surface area contributed by atoms with Crippen molar-refractivity contribution in [1.82, 2.24) is 4.90 Å². The number of carbonyl (C=O) groups is 3. The molecule has 1 aliphatic rings. The molecule has 0 unspecified atom stereocenters. The molecule has 262 valence electrons. The van der Waals surface area contributed by atoms with Crippen LogP contribution in [0.3, 0.4) is 0 Å². The third-order valence-electron chi connectivity index (χ3n) is 8.16. The Kier molecular flexibility index (Phi) is 12.7. The summed E-state index contributed by atoms with van der Waals surface area (Å²) < 4.78 is 32.6. The molecule has 3 rings (SSSR count). The Morgan fingerprint density at radius 3 is 2.23 bits per heavy atom. The number of halogens is 1. The second-order valence-electron chi connectivity index (χ2n) is 14.0. The molecule has 1 fully saturated rings. The van der Waals surface area contributed by atoms with Gasteiger partial charge in [-0.05, 0) is 72.4 Å². The summed E-state index contributed by atoms with van der Waals surface area (Å²) in [6.45, 7) is 19.2. The van der Waals surface area contributed by atoms with Crippen molar-refractivity contribution in [3.63, 3.8) is 0 Å². The van der Waals surface area contributed by atoms with Crippen LogP contribution in [0.2, 0.25) is 18.1 Å². The highest BCUT2D eigenvalue weighted by molar-refractivity contribution is 8.16. The van der Waals surface area contributed by atoms with Gasteiger partial charge in [0.05, 0.1) is 22.3 Å². The van der Waals surface area contributed by atoms with Gasteiger partial charge >= 0.3 is 5.97 Å². The number of non-ortho nitro benzene ring substituents is 1. The Hall–Kier alpha value is -3.20. The minimum absolute atomic E-state index is 0.0127. The molecule has 0 radical (unpaired) electrons. The number of carbonyl (C=O) groups excluding carboxylic acids is 3. The van der Waals surface area contributed by atoms with Crippen LogP contribution in [-0.4, -0.2) is 52.4 Å². The number of nitro groups is 1. The maximum absolute atomic E-state index is 14.3. The molecule has 1 heterocycles. The molecule has 1 amide bonds. The van der Waals surface area contributed by atoms with Gasteiger partial charge in [0, 0.05) is 23.6 Å². The van der Waals surface area contributed by atoms with Gasteiger partial charge in [-0.15, -0.1) is 11.8 Å². The van der Waals surface area contributed by atoms with E-state index in [0.29, 0.717) is 23.1 Å². The minimum Gasteiger partial charge on any atom is -0.456 e. The zero-order chi connectivity index (χ0) is 36.2. The maximum atomic E-state index is 14.3. The molecule has 10 nitrogen and oxygen atoms in total. The van der Waals surface area contributed by atoms with E-state index >= 15 is 0 Å². The molecule has 2 aromatic carbocycles. The Morgan fingerprint density at radius 2 is 1.71 bits per heavy atom. The topological polar surface area (TPSA) is 125 Å². The van der Waals surface area contributed by atoms with E-state index in [0.717, 1.165) is 6.07 Å². The summed E-state index contributed by atoms with van der Waals surface area (Å²) in [6, 6.07) is 10.7. The summed E-state index contributed by atoms with van der Waals surface area (Å²) in [4.78, 5) is 53.5. The van der Waals surface area contributed by atoms with Gasteiger partial charge in [-0.25, -0.2) is 9.18 Å². The van der Waals surface area contributed by atoms with Crippen molar-refractivity contribution < 1.29 is 37.6 Å². The van der Waals surface area contributed by atoms with Gasteiger partial charge < -0.3 is 13.9 Å². The highest BCUT2D eigenvalue weighted by Gasteiger charge is 2.56. The lowest BCUT2D eigenvalue weighted by atomic mass is 9.92. The Morgan fingerprint density at radius 1 is 1.08 bits per heavy atom. The maximum Gasteiger partial charge on any atom is 0.359 e. The van der Waals surface area contributed by atoms with E-state index in [1.165, 1.54) is 59.1 Å². The first-order valence-electron chi connectivity index (χ1n) is 15.6. The van der Waals surface area contributed by atoms with Gasteiger partial charge in [-0.1, -0.05) is 54.5 Å². The van der Waals surface area contributed by atoms with Crippen molar-refractivity contribution in [2.75, 3.05) is 5.75 Å². The van der Waals surface area contributed by atoms with Crippen LogP contribution in [0.1, 0.15) is 61.0 Å². The number of rotatable bonds is 13. The van der Waals surface area contributed by atoms with E-state index in [4.69, 9.17) is 13.9 Å². The molecule has 2 aromatic rings. The standard InChI is InChI=1S/C34H45FN2O8S2Si/c1-11-46-29-26(21(2)45-48(9,10)34(6,7)8)28(38)36(29)27(30(39)43-20-22-15-17-24(18-16-22)37(41)42)31(47-32(40)33(3,4)5)44-25-14-12-13-23(35)19-25/h12-19,21,26,29H,11,20H2,1-10H3/t21-,26+,29-/m1/s1. The second-order valence-corrected chi connectivity index (χ2v) is 21.1. The van der Waals surface area contributed by atoms with E-state index in [9.17, 15) is 28.9 Å². The molecule has 48 heavy (non-hydrogen) atoms. The molecule has 0 spiro atoms. The van der Waals surface area contributed by atoms with Crippen LogP contribution in [0.25, 0.3) is 0 Å². The van der Waals surface area contributed by atoms with E-state index < -0.39 is 53.7 Å². The first kappa shape index (κ1) is 39.2. The van der Waals surface area contributed by atoms with Crippen LogP contribution < -0.4 is 4.74 Å². The summed E-state index contributed by atoms with van der Waals surface area (Å²) >= 11 is 2.07. The molecule has 1 aliphatic heterocycles. The summed E-state index contributed by atoms with van der Waals surface area (Å²) in [6.07, 6.45) is -0.479. The molecule has 14 heteroatoms. The van der Waals surface area contributed by atoms with E-state index in [1.807, 2.05) is 13.8 Å². The number of amides is 1. The van der Waals surface area contributed by atoms with Gasteiger partial charge in [-0.2, -0.15) is 0 Å². The Balaban J connectivity index is 2.13. The fourth-order valence-electron chi connectivity index (χ4n) is 4.42. The van der Waals surface area contributed by atoms with Crippen molar-refractivity contribution >= 4 is 54.5 Å². The van der Waals surface area contributed by atoms with Gasteiger partial charge in [-0.3, -0.25) is 24.6 Å². The Bertz CT molecular complexity index is 1550. The normalized spacial score (nSPS) is 18.1. The molecule has 3 atom stereocenters. The van der Waals surface area contributed by atoms with Crippen molar-refractivity contribution in [3.05, 3.63) is 80.8 Å². The van der Waals surface area contributed by atoms with Crippen LogP contribution in [0, 0.1) is 27.3 Å². The highest BCUT2D eigenvalue weighted by atomic mass is 32.2. The van der Waals surface area contributed by atoms with Crippen molar-refractivity contribution in [2.45, 2.75) is 91.6 Å². The molecule has 1 saturated heterocycles. The number of likely N-dealkylation sites (tertiary alicyclic amines) is 1. The summed E-state index contributed by atoms with van der Waals surface area (Å²) in [5, 5.41) is 9.82. The largest absolute Gasteiger partial charge is 0.456 e. The van der Waals surface area contributed by atoms with Crippen molar-refractivity contribution in [2.24, 2.45) is 11.3 Å².